The number of nitrogen functional groups attached to an aromatic ring is 1. The SMILES string of the molecule is COC(=O)[C@H](CCSC)NP(C)(=O)OP(=O)(OC)OC[C@H]1O[C@@H](n2cnc3c(N)nc(C)nc32)[C@H](F)C1O. The Bertz CT molecular complexity index is 1240. The van der Waals surface area contributed by atoms with Crippen LogP contribution in [-0.2, 0) is 36.8 Å². The van der Waals surface area contributed by atoms with Crippen molar-refractivity contribution in [1.82, 2.24) is 24.6 Å². The number of ether oxygens (including phenoxy) is 2. The van der Waals surface area contributed by atoms with Crippen LogP contribution >= 0.6 is 27.1 Å². The number of phosphoric ester groups is 1. The fourth-order valence-electron chi connectivity index (χ4n) is 3.69. The molecule has 3 heterocycles. The molecule has 0 bridgehead atoms. The number of carbonyl (C=O) groups excluding carboxylic acids is 1. The summed E-state index contributed by atoms with van der Waals surface area (Å²) < 4.78 is 67.9. The average molecular weight is 601 g/mol. The molecule has 1 saturated heterocycles. The number of hydrogen-bond donors (Lipinski definition) is 3. The zero-order valence-electron chi connectivity index (χ0n) is 21.3. The molecular formula is C19H31FN6O9P2S. The van der Waals surface area contributed by atoms with E-state index in [4.69, 9.17) is 28.6 Å². The second-order valence-electron chi connectivity index (χ2n) is 8.32. The predicted octanol–water partition coefficient (Wildman–Crippen LogP) is 1.81. The molecular weight excluding hydrogens is 569 g/mol. The largest absolute Gasteiger partial charge is 0.481 e. The van der Waals surface area contributed by atoms with Crippen molar-refractivity contribution >= 4 is 50.1 Å². The first-order valence-corrected chi connectivity index (χ1v) is 16.1. The molecule has 3 rings (SSSR count). The number of rotatable bonds is 13. The van der Waals surface area contributed by atoms with E-state index in [9.17, 15) is 19.0 Å². The number of imidazole rings is 1. The molecule has 0 aliphatic carbocycles. The fraction of sp³-hybridized carbons (Fsp3) is 0.684. The number of alkyl halides is 1. The summed E-state index contributed by atoms with van der Waals surface area (Å²) in [5.74, 6) is 0.274. The lowest BCUT2D eigenvalue weighted by Crippen LogP contribution is -2.36. The third kappa shape index (κ3) is 7.09. The minimum absolute atomic E-state index is 0.0961. The minimum Gasteiger partial charge on any atom is -0.468 e. The number of aliphatic hydroxyl groups excluding tert-OH is 1. The van der Waals surface area contributed by atoms with Crippen molar-refractivity contribution in [1.29, 1.82) is 0 Å². The van der Waals surface area contributed by atoms with Gasteiger partial charge >= 0.3 is 13.8 Å². The molecule has 38 heavy (non-hydrogen) atoms. The van der Waals surface area contributed by atoms with Gasteiger partial charge in [-0.3, -0.25) is 23.0 Å². The molecule has 1 fully saturated rings. The van der Waals surface area contributed by atoms with Crippen LogP contribution in [0.4, 0.5) is 10.2 Å². The summed E-state index contributed by atoms with van der Waals surface area (Å²) in [6.45, 7) is 2.03. The molecule has 4 N–H and O–H groups in total. The number of esters is 1. The van der Waals surface area contributed by atoms with Gasteiger partial charge in [0.1, 0.15) is 29.6 Å². The number of aryl methyl sites for hydroxylation is 1. The Morgan fingerprint density at radius 2 is 2.11 bits per heavy atom. The number of hydrogen-bond acceptors (Lipinski definition) is 14. The number of aliphatic hydroxyl groups is 1. The van der Waals surface area contributed by atoms with E-state index in [1.165, 1.54) is 29.8 Å². The van der Waals surface area contributed by atoms with E-state index in [2.05, 4.69) is 20.0 Å². The third-order valence-electron chi connectivity index (χ3n) is 5.49. The lowest BCUT2D eigenvalue weighted by atomic mass is 10.1. The molecule has 1 aliphatic heterocycles. The molecule has 0 radical (unpaired) electrons. The predicted molar refractivity (Wildman–Crippen MR) is 136 cm³/mol. The number of phosphoric acid groups is 1. The van der Waals surface area contributed by atoms with E-state index >= 15 is 4.39 Å². The van der Waals surface area contributed by atoms with E-state index < -0.39 is 58.6 Å². The first-order chi connectivity index (χ1) is 17.8. The van der Waals surface area contributed by atoms with Gasteiger partial charge in [0.15, 0.2) is 23.9 Å². The van der Waals surface area contributed by atoms with Crippen LogP contribution in [-0.4, -0.2) is 94.5 Å². The zero-order valence-corrected chi connectivity index (χ0v) is 24.0. The van der Waals surface area contributed by atoms with Crippen molar-refractivity contribution in [2.24, 2.45) is 0 Å². The highest BCUT2D eigenvalue weighted by Gasteiger charge is 2.47. The standard InChI is InChI=1S/C19H31FN6O9P2S/c1-10-23-16(21)14-17(24-10)26(9-22-14)18-13(20)15(27)12(34-18)8-33-37(30,32-3)35-36(4,29)25-11(6-7-38-5)19(28)31-2/h9,11-13,15,18,27H,6-8H2,1-5H3,(H,25,29)(H2,21,23,24)/t11-,12+,13+,15?,18+,36?,37?/m0/s1. The zero-order chi connectivity index (χ0) is 28.3. The molecule has 0 amide bonds. The second-order valence-corrected chi connectivity index (χ2v) is 13.4. The highest BCUT2D eigenvalue weighted by molar-refractivity contribution is 7.98. The van der Waals surface area contributed by atoms with Gasteiger partial charge in [0.25, 0.3) is 7.52 Å². The number of anilines is 1. The minimum atomic E-state index is -4.53. The molecule has 0 saturated carbocycles. The summed E-state index contributed by atoms with van der Waals surface area (Å²) in [6, 6.07) is -1.01. The molecule has 19 heteroatoms. The maximum atomic E-state index is 15.1. The summed E-state index contributed by atoms with van der Waals surface area (Å²) in [5, 5.41) is 12.9. The average Bonchev–Trinajstić information content (AvgIpc) is 3.40. The van der Waals surface area contributed by atoms with Gasteiger partial charge in [-0.2, -0.15) is 11.8 Å². The number of carbonyl (C=O) groups is 1. The van der Waals surface area contributed by atoms with E-state index in [-0.39, 0.29) is 23.4 Å². The summed E-state index contributed by atoms with van der Waals surface area (Å²) in [5.41, 5.74) is 6.28. The maximum Gasteiger partial charge on any atom is 0.481 e. The van der Waals surface area contributed by atoms with E-state index in [1.54, 1.807) is 6.92 Å². The Morgan fingerprint density at radius 1 is 1.39 bits per heavy atom. The van der Waals surface area contributed by atoms with Crippen LogP contribution in [0.1, 0.15) is 18.5 Å². The van der Waals surface area contributed by atoms with Crippen LogP contribution in [0, 0.1) is 6.92 Å². The molecule has 15 nitrogen and oxygen atoms in total. The Labute approximate surface area is 222 Å². The smallest absolute Gasteiger partial charge is 0.468 e. The fourth-order valence-corrected chi connectivity index (χ4v) is 7.57. The summed E-state index contributed by atoms with van der Waals surface area (Å²) in [6.07, 6.45) is -3.01. The summed E-state index contributed by atoms with van der Waals surface area (Å²) in [7, 11) is -6.32. The monoisotopic (exact) mass is 600 g/mol. The lowest BCUT2D eigenvalue weighted by Gasteiger charge is -2.25. The molecule has 2 aromatic rings. The van der Waals surface area contributed by atoms with E-state index in [1.807, 2.05) is 6.26 Å². The number of aromatic nitrogens is 4. The van der Waals surface area contributed by atoms with Gasteiger partial charge in [0, 0.05) is 13.8 Å². The van der Waals surface area contributed by atoms with Crippen LogP contribution in [0.2, 0.25) is 0 Å². The van der Waals surface area contributed by atoms with Crippen molar-refractivity contribution < 1.29 is 46.3 Å². The van der Waals surface area contributed by atoms with Gasteiger partial charge in [0.2, 0.25) is 0 Å². The normalized spacial score (nSPS) is 25.7. The Hall–Kier alpha value is -1.68. The van der Waals surface area contributed by atoms with Crippen LogP contribution in [0.25, 0.3) is 11.2 Å². The number of halogens is 1. The van der Waals surface area contributed by atoms with Crippen molar-refractivity contribution in [3.63, 3.8) is 0 Å². The second kappa shape index (κ2) is 12.7. The molecule has 1 aliphatic rings. The first kappa shape index (κ1) is 30.9. The lowest BCUT2D eigenvalue weighted by molar-refractivity contribution is -0.142. The molecule has 2 aromatic heterocycles. The van der Waals surface area contributed by atoms with Crippen molar-refractivity contribution in [3.8, 4) is 0 Å². The van der Waals surface area contributed by atoms with Gasteiger partial charge in [-0.15, -0.1) is 0 Å². The van der Waals surface area contributed by atoms with Gasteiger partial charge in [-0.1, -0.05) is 0 Å². The highest BCUT2D eigenvalue weighted by atomic mass is 32.2. The summed E-state index contributed by atoms with van der Waals surface area (Å²) >= 11 is 1.46. The topological polar surface area (TPSA) is 199 Å². The van der Waals surface area contributed by atoms with Crippen molar-refractivity contribution in [2.45, 2.75) is 44.0 Å². The molecule has 0 aromatic carbocycles. The van der Waals surface area contributed by atoms with Gasteiger partial charge in [-0.25, -0.2) is 33.3 Å². The number of nitrogens with two attached hydrogens (primary N) is 1. The number of nitrogens with zero attached hydrogens (tertiary/aromatic N) is 4. The van der Waals surface area contributed by atoms with Gasteiger partial charge in [0.05, 0.1) is 20.0 Å². The van der Waals surface area contributed by atoms with Crippen LogP contribution in [0.15, 0.2) is 6.33 Å². The number of nitrogens with one attached hydrogen (secondary N) is 1. The molecule has 214 valence electrons. The number of methoxy groups -OCH3 is 1. The van der Waals surface area contributed by atoms with Crippen LogP contribution in [0.3, 0.4) is 0 Å². The molecule has 3 unspecified atom stereocenters. The molecule has 7 atom stereocenters. The van der Waals surface area contributed by atoms with E-state index in [0.29, 0.717) is 11.6 Å². The first-order valence-electron chi connectivity index (χ1n) is 11.2. The molecule has 0 spiro atoms. The Morgan fingerprint density at radius 3 is 2.74 bits per heavy atom. The van der Waals surface area contributed by atoms with Crippen molar-refractivity contribution in [3.05, 3.63) is 12.2 Å². The van der Waals surface area contributed by atoms with E-state index in [0.717, 1.165) is 13.8 Å². The maximum absolute atomic E-state index is 15.1. The summed E-state index contributed by atoms with van der Waals surface area (Å²) in [4.78, 5) is 24.3. The van der Waals surface area contributed by atoms with Crippen molar-refractivity contribution in [2.75, 3.05) is 45.2 Å². The Kier molecular flexibility index (Phi) is 10.3. The number of thioether (sulfide) groups is 1. The quantitative estimate of drug-likeness (QED) is 0.222. The van der Waals surface area contributed by atoms with Crippen LogP contribution in [0.5, 0.6) is 0 Å². The Balaban J connectivity index is 1.70. The van der Waals surface area contributed by atoms with Gasteiger partial charge in [-0.05, 0) is 25.4 Å². The van der Waals surface area contributed by atoms with Gasteiger partial charge < -0.3 is 20.3 Å². The van der Waals surface area contributed by atoms with Crippen LogP contribution < -0.4 is 10.8 Å². The number of fused-ring (bicyclic) bond motifs is 1. The third-order valence-corrected chi connectivity index (χ3v) is 9.87. The highest BCUT2D eigenvalue weighted by Crippen LogP contribution is 2.61.